The predicted molar refractivity (Wildman–Crippen MR) is 83.7 cm³/mol. The van der Waals surface area contributed by atoms with E-state index < -0.39 is 0 Å². The fourth-order valence-corrected chi connectivity index (χ4v) is 1.68. The van der Waals surface area contributed by atoms with Crippen molar-refractivity contribution in [2.24, 2.45) is 0 Å². The van der Waals surface area contributed by atoms with Crippen LogP contribution >= 0.6 is 0 Å². The van der Waals surface area contributed by atoms with Crippen LogP contribution in [0.5, 0.6) is 0 Å². The van der Waals surface area contributed by atoms with Crippen molar-refractivity contribution in [2.45, 2.75) is 19.9 Å². The number of hydrogen-bond donors (Lipinski definition) is 3. The third-order valence-electron chi connectivity index (χ3n) is 2.62. The van der Waals surface area contributed by atoms with E-state index in [1.807, 2.05) is 13.8 Å². The fourth-order valence-electron chi connectivity index (χ4n) is 1.68. The molecule has 114 valence electrons. The van der Waals surface area contributed by atoms with E-state index in [2.05, 4.69) is 25.9 Å². The summed E-state index contributed by atoms with van der Waals surface area (Å²) in [6.07, 6.45) is 4.34. The zero-order valence-corrected chi connectivity index (χ0v) is 12.3. The van der Waals surface area contributed by atoms with Gasteiger partial charge in [-0.2, -0.15) is 0 Å². The van der Waals surface area contributed by atoms with Crippen molar-refractivity contribution in [3.63, 3.8) is 0 Å². The highest BCUT2D eigenvalue weighted by Crippen LogP contribution is 2.14. The maximum absolute atomic E-state index is 11.9. The number of carbonyl (C=O) groups is 2. The van der Waals surface area contributed by atoms with Crippen molar-refractivity contribution in [1.29, 1.82) is 0 Å². The van der Waals surface area contributed by atoms with E-state index in [0.717, 1.165) is 0 Å². The van der Waals surface area contributed by atoms with E-state index >= 15 is 0 Å². The number of hydrogen-bond acceptors (Lipinski definition) is 4. The first kappa shape index (κ1) is 15.4. The maximum Gasteiger partial charge on any atom is 0.319 e. The standard InChI is InChI=1S/C15H17N5O2/c1-10(2)18-15(22)20-12-5-3-11(4-6-12)19-14(21)13-9-16-7-8-17-13/h3-10H,1-2H3,(H,19,21)(H2,18,20,22). The van der Waals surface area contributed by atoms with E-state index in [9.17, 15) is 9.59 Å². The molecule has 0 aliphatic rings. The third kappa shape index (κ3) is 4.55. The number of anilines is 2. The summed E-state index contributed by atoms with van der Waals surface area (Å²) in [5.74, 6) is -0.341. The SMILES string of the molecule is CC(C)NC(=O)Nc1ccc(NC(=O)c2cnccn2)cc1. The van der Waals surface area contributed by atoms with Crippen molar-refractivity contribution in [1.82, 2.24) is 15.3 Å². The molecule has 0 aliphatic heterocycles. The molecular weight excluding hydrogens is 282 g/mol. The van der Waals surface area contributed by atoms with Gasteiger partial charge in [0.25, 0.3) is 5.91 Å². The molecular formula is C15H17N5O2. The van der Waals surface area contributed by atoms with Gasteiger partial charge in [0.15, 0.2) is 0 Å². The summed E-state index contributed by atoms with van der Waals surface area (Å²) >= 11 is 0. The van der Waals surface area contributed by atoms with Crippen LogP contribution in [0.25, 0.3) is 0 Å². The third-order valence-corrected chi connectivity index (χ3v) is 2.62. The van der Waals surface area contributed by atoms with Crippen LogP contribution in [-0.4, -0.2) is 27.9 Å². The van der Waals surface area contributed by atoms with Crippen LogP contribution in [0.3, 0.4) is 0 Å². The lowest BCUT2D eigenvalue weighted by molar-refractivity contribution is 0.102. The van der Waals surface area contributed by atoms with Gasteiger partial charge in [0, 0.05) is 29.8 Å². The number of benzene rings is 1. The van der Waals surface area contributed by atoms with Crippen LogP contribution in [0.4, 0.5) is 16.2 Å². The smallest absolute Gasteiger partial charge is 0.319 e. The van der Waals surface area contributed by atoms with Crippen LogP contribution in [-0.2, 0) is 0 Å². The number of rotatable bonds is 4. The molecule has 0 spiro atoms. The number of urea groups is 1. The predicted octanol–water partition coefficient (Wildman–Crippen LogP) is 2.26. The Morgan fingerprint density at radius 2 is 1.64 bits per heavy atom. The Hall–Kier alpha value is -2.96. The second kappa shape index (κ2) is 7.16. The van der Waals surface area contributed by atoms with Crippen molar-refractivity contribution in [2.75, 3.05) is 10.6 Å². The minimum absolute atomic E-state index is 0.0607. The number of aromatic nitrogens is 2. The summed E-state index contributed by atoms with van der Waals surface area (Å²) in [5, 5.41) is 8.13. The monoisotopic (exact) mass is 299 g/mol. The molecule has 0 fully saturated rings. The summed E-state index contributed by atoms with van der Waals surface area (Å²) < 4.78 is 0. The zero-order chi connectivity index (χ0) is 15.9. The average molecular weight is 299 g/mol. The molecule has 7 nitrogen and oxygen atoms in total. The number of amides is 3. The van der Waals surface area contributed by atoms with E-state index in [1.165, 1.54) is 18.6 Å². The molecule has 22 heavy (non-hydrogen) atoms. The molecule has 0 atom stereocenters. The minimum atomic E-state index is -0.341. The summed E-state index contributed by atoms with van der Waals surface area (Å²) in [6.45, 7) is 3.76. The van der Waals surface area contributed by atoms with E-state index in [0.29, 0.717) is 11.4 Å². The van der Waals surface area contributed by atoms with Crippen LogP contribution in [0.15, 0.2) is 42.9 Å². The lowest BCUT2D eigenvalue weighted by Crippen LogP contribution is -2.34. The van der Waals surface area contributed by atoms with Crippen molar-refractivity contribution >= 4 is 23.3 Å². The number of nitrogens with one attached hydrogen (secondary N) is 3. The minimum Gasteiger partial charge on any atom is -0.336 e. The van der Waals surface area contributed by atoms with Gasteiger partial charge in [-0.05, 0) is 38.1 Å². The Morgan fingerprint density at radius 3 is 2.18 bits per heavy atom. The first-order valence-corrected chi connectivity index (χ1v) is 6.79. The Bertz CT molecular complexity index is 641. The molecule has 3 amide bonds. The summed E-state index contributed by atoms with van der Waals surface area (Å²) in [7, 11) is 0. The Labute approximate surface area is 128 Å². The van der Waals surface area contributed by atoms with Crippen LogP contribution in [0, 0.1) is 0 Å². The molecule has 0 bridgehead atoms. The van der Waals surface area contributed by atoms with Gasteiger partial charge >= 0.3 is 6.03 Å². The zero-order valence-electron chi connectivity index (χ0n) is 12.3. The lowest BCUT2D eigenvalue weighted by Gasteiger charge is -2.10. The van der Waals surface area contributed by atoms with E-state index in [4.69, 9.17) is 0 Å². The second-order valence-corrected chi connectivity index (χ2v) is 4.88. The normalized spacial score (nSPS) is 10.1. The number of carbonyl (C=O) groups excluding carboxylic acids is 2. The highest BCUT2D eigenvalue weighted by Gasteiger charge is 2.08. The van der Waals surface area contributed by atoms with Gasteiger partial charge in [-0.3, -0.25) is 9.78 Å². The van der Waals surface area contributed by atoms with E-state index in [-0.39, 0.29) is 23.7 Å². The van der Waals surface area contributed by atoms with Gasteiger partial charge in [0.1, 0.15) is 5.69 Å². The molecule has 2 rings (SSSR count). The van der Waals surface area contributed by atoms with Gasteiger partial charge in [-0.25, -0.2) is 9.78 Å². The number of nitrogens with zero attached hydrogens (tertiary/aromatic N) is 2. The summed E-state index contributed by atoms with van der Waals surface area (Å²) in [5.41, 5.74) is 1.47. The van der Waals surface area contributed by atoms with Crippen LogP contribution in [0.1, 0.15) is 24.3 Å². The van der Waals surface area contributed by atoms with Crippen LogP contribution in [0.2, 0.25) is 0 Å². The van der Waals surface area contributed by atoms with Gasteiger partial charge in [-0.1, -0.05) is 0 Å². The molecule has 0 unspecified atom stereocenters. The molecule has 0 radical (unpaired) electrons. The van der Waals surface area contributed by atoms with Gasteiger partial charge in [0.05, 0.1) is 6.20 Å². The first-order valence-electron chi connectivity index (χ1n) is 6.79. The van der Waals surface area contributed by atoms with Gasteiger partial charge < -0.3 is 16.0 Å². The van der Waals surface area contributed by atoms with Crippen LogP contribution < -0.4 is 16.0 Å². The summed E-state index contributed by atoms with van der Waals surface area (Å²) in [4.78, 5) is 31.2. The molecule has 7 heteroatoms. The fraction of sp³-hybridized carbons (Fsp3) is 0.200. The van der Waals surface area contributed by atoms with E-state index in [1.54, 1.807) is 24.3 Å². The van der Waals surface area contributed by atoms with Crippen molar-refractivity contribution < 1.29 is 9.59 Å². The largest absolute Gasteiger partial charge is 0.336 e. The maximum atomic E-state index is 11.9. The average Bonchev–Trinajstić information content (AvgIpc) is 2.49. The highest BCUT2D eigenvalue weighted by molar-refractivity contribution is 6.02. The summed E-state index contributed by atoms with van der Waals surface area (Å²) in [6, 6.07) is 6.58. The quantitative estimate of drug-likeness (QED) is 0.806. The lowest BCUT2D eigenvalue weighted by atomic mass is 10.2. The Morgan fingerprint density at radius 1 is 1.00 bits per heavy atom. The van der Waals surface area contributed by atoms with Gasteiger partial charge in [-0.15, -0.1) is 0 Å². The van der Waals surface area contributed by atoms with Crippen molar-refractivity contribution in [3.05, 3.63) is 48.5 Å². The highest BCUT2D eigenvalue weighted by atomic mass is 16.2. The van der Waals surface area contributed by atoms with Crippen molar-refractivity contribution in [3.8, 4) is 0 Å². The molecule has 1 aromatic heterocycles. The second-order valence-electron chi connectivity index (χ2n) is 4.88. The molecule has 2 aromatic rings. The topological polar surface area (TPSA) is 96.0 Å². The Balaban J connectivity index is 1.95. The molecule has 0 saturated carbocycles. The molecule has 0 saturated heterocycles. The first-order chi connectivity index (χ1) is 10.5. The molecule has 3 N–H and O–H groups in total. The molecule has 1 aromatic carbocycles. The molecule has 0 aliphatic carbocycles. The molecule has 1 heterocycles. The van der Waals surface area contributed by atoms with Gasteiger partial charge in [0.2, 0.25) is 0 Å². The Kier molecular flexibility index (Phi) is 5.02.